The molecule has 1 aromatic carbocycles. The Balaban J connectivity index is 1.56. The number of hydrogen-bond donors (Lipinski definition) is 0. The van der Waals surface area contributed by atoms with E-state index < -0.39 is 0 Å². The van der Waals surface area contributed by atoms with Crippen molar-refractivity contribution in [1.29, 1.82) is 0 Å². The molecule has 0 saturated carbocycles. The molecule has 0 spiro atoms. The van der Waals surface area contributed by atoms with E-state index in [1.54, 1.807) is 7.11 Å². The van der Waals surface area contributed by atoms with Crippen LogP contribution in [0.2, 0.25) is 0 Å². The maximum atomic E-state index is 5.62. The van der Waals surface area contributed by atoms with Crippen molar-refractivity contribution in [3.05, 3.63) is 47.4 Å². The highest BCUT2D eigenvalue weighted by molar-refractivity contribution is 7.98. The maximum Gasteiger partial charge on any atom is 0.277 e. The summed E-state index contributed by atoms with van der Waals surface area (Å²) in [6, 6.07) is 7.76. The van der Waals surface area contributed by atoms with Crippen LogP contribution in [-0.2, 0) is 18.6 Å². The molecule has 0 unspecified atom stereocenters. The third-order valence-corrected chi connectivity index (χ3v) is 3.91. The highest BCUT2D eigenvalue weighted by Gasteiger charge is 2.11. The van der Waals surface area contributed by atoms with Gasteiger partial charge in [0, 0.05) is 6.42 Å². The number of thioether (sulfide) groups is 1. The summed E-state index contributed by atoms with van der Waals surface area (Å²) in [4.78, 5) is 4.23. The van der Waals surface area contributed by atoms with Gasteiger partial charge >= 0.3 is 0 Å². The van der Waals surface area contributed by atoms with Gasteiger partial charge < -0.3 is 13.7 Å². The van der Waals surface area contributed by atoms with Crippen LogP contribution in [0.3, 0.4) is 0 Å². The molecule has 2 aromatic heterocycles. The smallest absolute Gasteiger partial charge is 0.277 e. The summed E-state index contributed by atoms with van der Waals surface area (Å²) >= 11 is 1.38. The summed E-state index contributed by atoms with van der Waals surface area (Å²) in [5.74, 6) is 3.16. The Labute approximate surface area is 137 Å². The SMILES string of the molecule is CCc1noc(CSc2nnc(Cc3ccc(OC)cc3)o2)n1. The summed E-state index contributed by atoms with van der Waals surface area (Å²) in [6.45, 7) is 1.98. The third-order valence-electron chi connectivity index (χ3n) is 3.11. The molecule has 0 N–H and O–H groups in total. The molecule has 0 bridgehead atoms. The zero-order valence-electron chi connectivity index (χ0n) is 12.9. The van der Waals surface area contributed by atoms with Crippen LogP contribution in [0.4, 0.5) is 0 Å². The molecule has 7 nitrogen and oxygen atoms in total. The number of rotatable bonds is 7. The fraction of sp³-hybridized carbons (Fsp3) is 0.333. The van der Waals surface area contributed by atoms with Crippen molar-refractivity contribution in [2.24, 2.45) is 0 Å². The third kappa shape index (κ3) is 4.10. The molecule has 8 heteroatoms. The van der Waals surface area contributed by atoms with Gasteiger partial charge in [-0.1, -0.05) is 36.0 Å². The fourth-order valence-corrected chi connectivity index (χ4v) is 2.52. The van der Waals surface area contributed by atoms with E-state index in [2.05, 4.69) is 20.3 Å². The molecule has 23 heavy (non-hydrogen) atoms. The van der Waals surface area contributed by atoms with Gasteiger partial charge in [0.05, 0.1) is 19.3 Å². The zero-order chi connectivity index (χ0) is 16.1. The number of aromatic nitrogens is 4. The lowest BCUT2D eigenvalue weighted by Gasteiger charge is -2.00. The maximum absolute atomic E-state index is 5.62. The molecule has 0 aliphatic rings. The van der Waals surface area contributed by atoms with Crippen molar-refractivity contribution in [3.63, 3.8) is 0 Å². The first-order valence-electron chi connectivity index (χ1n) is 7.16. The fourth-order valence-electron chi connectivity index (χ4n) is 1.90. The van der Waals surface area contributed by atoms with E-state index >= 15 is 0 Å². The van der Waals surface area contributed by atoms with Crippen LogP contribution >= 0.6 is 11.8 Å². The molecule has 2 heterocycles. The average molecular weight is 332 g/mol. The topological polar surface area (TPSA) is 87.1 Å². The van der Waals surface area contributed by atoms with Crippen molar-refractivity contribution in [2.75, 3.05) is 7.11 Å². The van der Waals surface area contributed by atoms with Crippen molar-refractivity contribution >= 4 is 11.8 Å². The predicted octanol–water partition coefficient (Wildman–Crippen LogP) is 2.91. The Morgan fingerprint density at radius 3 is 2.65 bits per heavy atom. The van der Waals surface area contributed by atoms with Gasteiger partial charge in [0.2, 0.25) is 11.8 Å². The first-order chi connectivity index (χ1) is 11.3. The first-order valence-corrected chi connectivity index (χ1v) is 8.15. The second-order valence-corrected chi connectivity index (χ2v) is 5.66. The molecule has 0 atom stereocenters. The second kappa shape index (κ2) is 7.28. The van der Waals surface area contributed by atoms with Gasteiger partial charge in [-0.15, -0.1) is 10.2 Å². The minimum absolute atomic E-state index is 0.491. The van der Waals surface area contributed by atoms with Gasteiger partial charge in [-0.05, 0) is 17.7 Å². The molecule has 0 amide bonds. The van der Waals surface area contributed by atoms with Crippen LogP contribution in [0.5, 0.6) is 5.75 Å². The Morgan fingerprint density at radius 1 is 1.13 bits per heavy atom. The molecular weight excluding hydrogens is 316 g/mol. The number of ether oxygens (including phenoxy) is 1. The van der Waals surface area contributed by atoms with Crippen molar-refractivity contribution in [2.45, 2.75) is 30.7 Å². The molecule has 0 fully saturated rings. The minimum Gasteiger partial charge on any atom is -0.497 e. The lowest BCUT2D eigenvalue weighted by molar-refractivity contribution is 0.384. The Morgan fingerprint density at radius 2 is 1.96 bits per heavy atom. The monoisotopic (exact) mass is 332 g/mol. The van der Waals surface area contributed by atoms with Gasteiger partial charge in [-0.2, -0.15) is 4.98 Å². The van der Waals surface area contributed by atoms with Gasteiger partial charge in [-0.3, -0.25) is 0 Å². The van der Waals surface area contributed by atoms with Crippen molar-refractivity contribution in [1.82, 2.24) is 20.3 Å². The standard InChI is InChI=1S/C15H16N4O3S/c1-3-12-16-14(22-19-12)9-23-15-18-17-13(21-15)8-10-4-6-11(20-2)7-5-10/h4-7H,3,8-9H2,1-2H3. The van der Waals surface area contributed by atoms with Crippen LogP contribution in [0.25, 0.3) is 0 Å². The number of benzene rings is 1. The van der Waals surface area contributed by atoms with Crippen LogP contribution < -0.4 is 4.74 Å². The van der Waals surface area contributed by atoms with E-state index in [4.69, 9.17) is 13.7 Å². The quantitative estimate of drug-likeness (QED) is 0.610. The number of methoxy groups -OCH3 is 1. The van der Waals surface area contributed by atoms with E-state index in [1.165, 1.54) is 11.8 Å². The average Bonchev–Trinajstić information content (AvgIpc) is 3.22. The van der Waals surface area contributed by atoms with E-state index in [0.717, 1.165) is 17.7 Å². The minimum atomic E-state index is 0.491. The Bertz CT molecular complexity index is 754. The lowest BCUT2D eigenvalue weighted by atomic mass is 10.1. The summed E-state index contributed by atoms with van der Waals surface area (Å²) in [5.41, 5.74) is 1.08. The molecule has 0 radical (unpaired) electrons. The molecule has 0 aliphatic carbocycles. The van der Waals surface area contributed by atoms with E-state index in [1.807, 2.05) is 31.2 Å². The van der Waals surface area contributed by atoms with Crippen LogP contribution in [0.15, 0.2) is 38.4 Å². The summed E-state index contributed by atoms with van der Waals surface area (Å²) in [5, 5.41) is 12.4. The summed E-state index contributed by atoms with van der Waals surface area (Å²) in [6.07, 6.45) is 1.33. The largest absolute Gasteiger partial charge is 0.497 e. The highest BCUT2D eigenvalue weighted by Crippen LogP contribution is 2.22. The highest BCUT2D eigenvalue weighted by atomic mass is 32.2. The van der Waals surface area contributed by atoms with Crippen LogP contribution in [0, 0.1) is 0 Å². The van der Waals surface area contributed by atoms with E-state index in [9.17, 15) is 0 Å². The van der Waals surface area contributed by atoms with Crippen molar-refractivity contribution in [3.8, 4) is 5.75 Å². The van der Waals surface area contributed by atoms with Gasteiger partial charge in [0.15, 0.2) is 5.82 Å². The summed E-state index contributed by atoms with van der Waals surface area (Å²) < 4.78 is 15.9. The van der Waals surface area contributed by atoms with Crippen LogP contribution in [-0.4, -0.2) is 27.4 Å². The van der Waals surface area contributed by atoms with Gasteiger partial charge in [-0.25, -0.2) is 0 Å². The second-order valence-electron chi connectivity index (χ2n) is 4.73. The number of hydrogen-bond acceptors (Lipinski definition) is 8. The lowest BCUT2D eigenvalue weighted by Crippen LogP contribution is -1.89. The van der Waals surface area contributed by atoms with Crippen molar-refractivity contribution < 1.29 is 13.7 Å². The van der Waals surface area contributed by atoms with E-state index in [0.29, 0.717) is 35.0 Å². The Hall–Kier alpha value is -2.35. The van der Waals surface area contributed by atoms with E-state index in [-0.39, 0.29) is 0 Å². The molecular formula is C15H16N4O3S. The molecule has 3 rings (SSSR count). The molecule has 3 aromatic rings. The molecule has 0 saturated heterocycles. The Kier molecular flexibility index (Phi) is 4.92. The van der Waals surface area contributed by atoms with Gasteiger partial charge in [0.1, 0.15) is 5.75 Å². The number of aryl methyl sites for hydroxylation is 1. The number of nitrogens with zero attached hydrogens (tertiary/aromatic N) is 4. The zero-order valence-corrected chi connectivity index (χ0v) is 13.7. The molecule has 0 aliphatic heterocycles. The molecule has 120 valence electrons. The van der Waals surface area contributed by atoms with Gasteiger partial charge in [0.25, 0.3) is 5.22 Å². The normalized spacial score (nSPS) is 10.9. The first kappa shape index (κ1) is 15.5. The predicted molar refractivity (Wildman–Crippen MR) is 83.3 cm³/mol. The van der Waals surface area contributed by atoms with Crippen LogP contribution in [0.1, 0.15) is 30.1 Å². The summed E-state index contributed by atoms with van der Waals surface area (Å²) in [7, 11) is 1.64.